The van der Waals surface area contributed by atoms with Gasteiger partial charge in [-0.05, 0) is 24.5 Å². The van der Waals surface area contributed by atoms with Crippen molar-refractivity contribution < 1.29 is 4.39 Å². The fourth-order valence-electron chi connectivity index (χ4n) is 2.76. The molecule has 0 amide bonds. The Morgan fingerprint density at radius 1 is 1.26 bits per heavy atom. The minimum absolute atomic E-state index is 0.138. The fourth-order valence-corrected chi connectivity index (χ4v) is 3.76. The van der Waals surface area contributed by atoms with E-state index in [1.807, 2.05) is 12.1 Å². The molecule has 1 fully saturated rings. The van der Waals surface area contributed by atoms with E-state index in [0.717, 1.165) is 18.1 Å². The van der Waals surface area contributed by atoms with E-state index in [1.165, 1.54) is 38.2 Å². The molecule has 0 heterocycles. The van der Waals surface area contributed by atoms with E-state index in [-0.39, 0.29) is 11.9 Å². The highest BCUT2D eigenvalue weighted by Gasteiger charge is 2.18. The van der Waals surface area contributed by atoms with Crippen LogP contribution in [0.25, 0.3) is 0 Å². The van der Waals surface area contributed by atoms with Gasteiger partial charge < -0.3 is 0 Å². The second kappa shape index (κ2) is 7.88. The number of nitrogens with one attached hydrogen (secondary N) is 1. The highest BCUT2D eigenvalue weighted by molar-refractivity contribution is 7.99. The van der Waals surface area contributed by atoms with Crippen molar-refractivity contribution in [2.24, 2.45) is 11.8 Å². The lowest BCUT2D eigenvalue weighted by molar-refractivity contribution is 0.308. The van der Waals surface area contributed by atoms with Gasteiger partial charge in [0.2, 0.25) is 0 Å². The van der Waals surface area contributed by atoms with Crippen LogP contribution in [-0.2, 0) is 0 Å². The van der Waals surface area contributed by atoms with Crippen LogP contribution >= 0.6 is 11.8 Å². The maximum atomic E-state index is 13.5. The van der Waals surface area contributed by atoms with Crippen LogP contribution in [0, 0.1) is 11.7 Å². The van der Waals surface area contributed by atoms with Crippen LogP contribution < -0.4 is 11.3 Å². The highest BCUT2D eigenvalue weighted by Crippen LogP contribution is 2.29. The van der Waals surface area contributed by atoms with Crippen molar-refractivity contribution in [1.29, 1.82) is 0 Å². The molecule has 0 radical (unpaired) electrons. The summed E-state index contributed by atoms with van der Waals surface area (Å²) in [5, 5.41) is 0. The zero-order chi connectivity index (χ0) is 13.5. The van der Waals surface area contributed by atoms with Crippen molar-refractivity contribution in [2.75, 3.05) is 5.75 Å². The number of benzene rings is 1. The maximum absolute atomic E-state index is 13.5. The molecule has 2 rings (SSSR count). The number of hydrogen-bond donors (Lipinski definition) is 2. The lowest BCUT2D eigenvalue weighted by Gasteiger charge is -2.26. The molecule has 0 spiro atoms. The van der Waals surface area contributed by atoms with Gasteiger partial charge >= 0.3 is 0 Å². The predicted molar refractivity (Wildman–Crippen MR) is 79.4 cm³/mol. The van der Waals surface area contributed by atoms with E-state index in [0.29, 0.717) is 4.90 Å². The Labute approximate surface area is 119 Å². The van der Waals surface area contributed by atoms with Gasteiger partial charge in [0.25, 0.3) is 0 Å². The van der Waals surface area contributed by atoms with Crippen LogP contribution in [0.15, 0.2) is 29.2 Å². The van der Waals surface area contributed by atoms with Gasteiger partial charge in [0.1, 0.15) is 5.82 Å². The largest absolute Gasteiger partial charge is 0.271 e. The van der Waals surface area contributed by atoms with Gasteiger partial charge in [-0.15, -0.1) is 11.8 Å². The van der Waals surface area contributed by atoms with E-state index in [4.69, 9.17) is 5.84 Å². The van der Waals surface area contributed by atoms with Crippen molar-refractivity contribution in [2.45, 2.75) is 49.5 Å². The van der Waals surface area contributed by atoms with Crippen LogP contribution in [-0.4, -0.2) is 11.8 Å². The number of nitrogens with two attached hydrogens (primary N) is 1. The molecule has 19 heavy (non-hydrogen) atoms. The molecule has 0 aromatic heterocycles. The molecule has 2 nitrogen and oxygen atoms in total. The number of halogens is 1. The lowest BCUT2D eigenvalue weighted by Crippen LogP contribution is -2.38. The van der Waals surface area contributed by atoms with Crippen LogP contribution in [0.3, 0.4) is 0 Å². The molecule has 4 heteroatoms. The summed E-state index contributed by atoms with van der Waals surface area (Å²) in [5.74, 6) is 7.11. The summed E-state index contributed by atoms with van der Waals surface area (Å²) in [4.78, 5) is 0.714. The Morgan fingerprint density at radius 3 is 2.68 bits per heavy atom. The zero-order valence-corrected chi connectivity index (χ0v) is 12.1. The maximum Gasteiger partial charge on any atom is 0.136 e. The average Bonchev–Trinajstić information content (AvgIpc) is 2.46. The summed E-state index contributed by atoms with van der Waals surface area (Å²) in [6, 6.07) is 7.20. The first-order chi connectivity index (χ1) is 9.29. The first-order valence-corrected chi connectivity index (χ1v) is 8.11. The molecule has 1 aromatic rings. The second-order valence-electron chi connectivity index (χ2n) is 5.34. The Bertz CT molecular complexity index is 380. The normalized spacial score (nSPS) is 18.4. The molecule has 1 aromatic carbocycles. The number of rotatable bonds is 6. The summed E-state index contributed by atoms with van der Waals surface area (Å²) < 4.78 is 13.5. The van der Waals surface area contributed by atoms with E-state index in [1.54, 1.807) is 17.8 Å². The van der Waals surface area contributed by atoms with Crippen molar-refractivity contribution in [3.05, 3.63) is 30.1 Å². The fraction of sp³-hybridized carbons (Fsp3) is 0.600. The quantitative estimate of drug-likeness (QED) is 0.474. The molecule has 1 atom stereocenters. The van der Waals surface area contributed by atoms with Gasteiger partial charge in [0, 0.05) is 16.7 Å². The third-order valence-corrected chi connectivity index (χ3v) is 5.07. The number of hydrazine groups is 1. The molecule has 0 saturated heterocycles. The van der Waals surface area contributed by atoms with Gasteiger partial charge in [0.05, 0.1) is 0 Å². The first-order valence-electron chi connectivity index (χ1n) is 7.13. The van der Waals surface area contributed by atoms with Crippen LogP contribution in [0.4, 0.5) is 4.39 Å². The topological polar surface area (TPSA) is 38.0 Å². The number of hydrogen-bond acceptors (Lipinski definition) is 3. The van der Waals surface area contributed by atoms with E-state index in [9.17, 15) is 4.39 Å². The summed E-state index contributed by atoms with van der Waals surface area (Å²) >= 11 is 1.55. The van der Waals surface area contributed by atoms with Gasteiger partial charge in [-0.1, -0.05) is 44.2 Å². The first kappa shape index (κ1) is 14.8. The van der Waals surface area contributed by atoms with Gasteiger partial charge in [-0.25, -0.2) is 4.39 Å². The smallest absolute Gasteiger partial charge is 0.136 e. The minimum atomic E-state index is -0.138. The summed E-state index contributed by atoms with van der Waals surface area (Å²) in [5.41, 5.74) is 2.90. The van der Waals surface area contributed by atoms with Crippen LogP contribution in [0.5, 0.6) is 0 Å². The molecule has 0 bridgehead atoms. The van der Waals surface area contributed by atoms with Gasteiger partial charge in [0.15, 0.2) is 0 Å². The average molecular weight is 282 g/mol. The van der Waals surface area contributed by atoms with Gasteiger partial charge in [-0.3, -0.25) is 11.3 Å². The van der Waals surface area contributed by atoms with Crippen molar-refractivity contribution in [3.8, 4) is 0 Å². The van der Waals surface area contributed by atoms with E-state index >= 15 is 0 Å². The molecular weight excluding hydrogens is 259 g/mol. The van der Waals surface area contributed by atoms with Crippen LogP contribution in [0.2, 0.25) is 0 Å². The zero-order valence-electron chi connectivity index (χ0n) is 11.3. The standard InChI is InChI=1S/C15H23FN2S/c16-14-8-4-5-9-15(14)19-11-13(18-17)10-12-6-2-1-3-7-12/h4-5,8-9,12-13,18H,1-3,6-7,10-11,17H2. The summed E-state index contributed by atoms with van der Waals surface area (Å²) in [6.07, 6.45) is 7.83. The van der Waals surface area contributed by atoms with E-state index in [2.05, 4.69) is 5.43 Å². The van der Waals surface area contributed by atoms with Crippen molar-refractivity contribution in [3.63, 3.8) is 0 Å². The van der Waals surface area contributed by atoms with E-state index < -0.39 is 0 Å². The lowest BCUT2D eigenvalue weighted by atomic mass is 9.85. The Balaban J connectivity index is 1.80. The molecule has 1 aliphatic carbocycles. The molecule has 3 N–H and O–H groups in total. The van der Waals surface area contributed by atoms with Gasteiger partial charge in [-0.2, -0.15) is 0 Å². The number of thioether (sulfide) groups is 1. The second-order valence-corrected chi connectivity index (χ2v) is 6.41. The summed E-state index contributed by atoms with van der Waals surface area (Å²) in [6.45, 7) is 0. The van der Waals surface area contributed by atoms with Crippen molar-refractivity contribution >= 4 is 11.8 Å². The third-order valence-electron chi connectivity index (χ3n) is 3.85. The molecule has 1 saturated carbocycles. The predicted octanol–water partition coefficient (Wildman–Crippen LogP) is 3.72. The molecule has 106 valence electrons. The highest BCUT2D eigenvalue weighted by atomic mass is 32.2. The molecule has 0 aliphatic heterocycles. The molecular formula is C15H23FN2S. The monoisotopic (exact) mass is 282 g/mol. The Kier molecular flexibility index (Phi) is 6.14. The molecule has 1 unspecified atom stereocenters. The minimum Gasteiger partial charge on any atom is -0.271 e. The Morgan fingerprint density at radius 2 is 2.00 bits per heavy atom. The van der Waals surface area contributed by atoms with Crippen LogP contribution in [0.1, 0.15) is 38.5 Å². The summed E-state index contributed by atoms with van der Waals surface area (Å²) in [7, 11) is 0. The third kappa shape index (κ3) is 4.79. The molecule has 1 aliphatic rings. The Hall–Kier alpha value is -0.580. The van der Waals surface area contributed by atoms with Crippen molar-refractivity contribution in [1.82, 2.24) is 5.43 Å². The SMILES string of the molecule is NNC(CSc1ccccc1F)CC1CCCCC1.